The molecule has 2 aromatic carbocycles. The monoisotopic (exact) mass is 450 g/mol. The van der Waals surface area contributed by atoms with E-state index < -0.39 is 0 Å². The number of benzene rings is 2. The van der Waals surface area contributed by atoms with Crippen molar-refractivity contribution in [2.24, 2.45) is 0 Å². The highest BCUT2D eigenvalue weighted by atomic mass is 15.3. The molecule has 0 N–H and O–H groups in total. The van der Waals surface area contributed by atoms with Crippen molar-refractivity contribution >= 4 is 11.4 Å². The molecule has 33 heavy (non-hydrogen) atoms. The maximum atomic E-state index is 2.60. The third-order valence-electron chi connectivity index (χ3n) is 6.65. The van der Waals surface area contributed by atoms with Crippen LogP contribution in [0.2, 0.25) is 0 Å². The SMILES string of the molecule is CCCCCCCCCN(CN(CCCCCCCCC)c1ccccc1)c1ccccc1. The van der Waals surface area contributed by atoms with Crippen molar-refractivity contribution < 1.29 is 0 Å². The molecule has 2 heteroatoms. The first-order valence-electron chi connectivity index (χ1n) is 13.9. The van der Waals surface area contributed by atoms with Crippen LogP contribution in [0, 0.1) is 0 Å². The van der Waals surface area contributed by atoms with Gasteiger partial charge < -0.3 is 9.80 Å². The Kier molecular flexibility index (Phi) is 15.3. The van der Waals surface area contributed by atoms with E-state index in [2.05, 4.69) is 84.3 Å². The highest BCUT2D eigenvalue weighted by Gasteiger charge is 2.13. The summed E-state index contributed by atoms with van der Waals surface area (Å²) in [6.45, 7) is 7.83. The van der Waals surface area contributed by atoms with Crippen molar-refractivity contribution in [3.05, 3.63) is 60.7 Å². The van der Waals surface area contributed by atoms with Gasteiger partial charge in [0.2, 0.25) is 0 Å². The van der Waals surface area contributed by atoms with Crippen LogP contribution in [0.1, 0.15) is 104 Å². The normalized spacial score (nSPS) is 11.0. The number of hydrogen-bond donors (Lipinski definition) is 0. The molecule has 0 aromatic heterocycles. The van der Waals surface area contributed by atoms with Crippen LogP contribution < -0.4 is 9.80 Å². The molecule has 0 spiro atoms. The first-order valence-corrected chi connectivity index (χ1v) is 13.9. The summed E-state index contributed by atoms with van der Waals surface area (Å²) in [5.41, 5.74) is 2.70. The predicted octanol–water partition coefficient (Wildman–Crippen LogP) is 9.46. The summed E-state index contributed by atoms with van der Waals surface area (Å²) in [6.07, 6.45) is 19.0. The van der Waals surface area contributed by atoms with Crippen LogP contribution in [0.3, 0.4) is 0 Å². The van der Waals surface area contributed by atoms with E-state index in [0.717, 1.165) is 19.8 Å². The summed E-state index contributed by atoms with van der Waals surface area (Å²) in [6, 6.07) is 22.1. The highest BCUT2D eigenvalue weighted by molar-refractivity contribution is 5.51. The second-order valence-corrected chi connectivity index (χ2v) is 9.58. The third-order valence-corrected chi connectivity index (χ3v) is 6.65. The number of rotatable bonds is 20. The lowest BCUT2D eigenvalue weighted by Crippen LogP contribution is -2.39. The molecule has 0 unspecified atom stereocenters. The van der Waals surface area contributed by atoms with Crippen LogP contribution in [0.25, 0.3) is 0 Å². The molecule has 0 amide bonds. The Hall–Kier alpha value is -1.96. The van der Waals surface area contributed by atoms with Crippen molar-refractivity contribution in [3.8, 4) is 0 Å². The zero-order chi connectivity index (χ0) is 23.4. The molecule has 0 saturated heterocycles. The molecule has 2 aromatic rings. The summed E-state index contributed by atoms with van der Waals surface area (Å²) >= 11 is 0. The number of unbranched alkanes of at least 4 members (excludes halogenated alkanes) is 12. The average molecular weight is 451 g/mol. The minimum absolute atomic E-state index is 0.972. The molecule has 184 valence electrons. The second kappa shape index (κ2) is 18.5. The van der Waals surface area contributed by atoms with Gasteiger partial charge in [0.05, 0.1) is 6.67 Å². The van der Waals surface area contributed by atoms with Crippen molar-refractivity contribution in [2.75, 3.05) is 29.6 Å². The van der Waals surface area contributed by atoms with E-state index in [1.165, 1.54) is 101 Å². The van der Waals surface area contributed by atoms with Crippen molar-refractivity contribution in [1.29, 1.82) is 0 Å². The van der Waals surface area contributed by atoms with Gasteiger partial charge in [0.15, 0.2) is 0 Å². The van der Waals surface area contributed by atoms with Crippen LogP contribution in [-0.2, 0) is 0 Å². The molecular formula is C31H50N2. The molecule has 0 bridgehead atoms. The van der Waals surface area contributed by atoms with E-state index in [4.69, 9.17) is 0 Å². The second-order valence-electron chi connectivity index (χ2n) is 9.58. The Labute approximate surface area is 205 Å². The van der Waals surface area contributed by atoms with Gasteiger partial charge in [0, 0.05) is 24.5 Å². The van der Waals surface area contributed by atoms with Gasteiger partial charge in [-0.25, -0.2) is 0 Å². The predicted molar refractivity (Wildman–Crippen MR) is 148 cm³/mol. The van der Waals surface area contributed by atoms with E-state index in [1.807, 2.05) is 0 Å². The molecule has 2 nitrogen and oxygen atoms in total. The lowest BCUT2D eigenvalue weighted by molar-refractivity contribution is 0.568. The fraction of sp³-hybridized carbons (Fsp3) is 0.613. The molecule has 0 aliphatic carbocycles. The van der Waals surface area contributed by atoms with Gasteiger partial charge in [0.25, 0.3) is 0 Å². The number of nitrogens with zero attached hydrogens (tertiary/aromatic N) is 2. The first kappa shape index (κ1) is 27.3. The van der Waals surface area contributed by atoms with E-state index in [1.54, 1.807) is 0 Å². The van der Waals surface area contributed by atoms with Crippen LogP contribution >= 0.6 is 0 Å². The summed E-state index contributed by atoms with van der Waals surface area (Å²) in [5, 5.41) is 0. The Morgan fingerprint density at radius 1 is 0.424 bits per heavy atom. The molecule has 0 fully saturated rings. The summed E-state index contributed by atoms with van der Waals surface area (Å²) in [4.78, 5) is 5.20. The first-order chi connectivity index (χ1) is 16.3. The van der Waals surface area contributed by atoms with Crippen molar-refractivity contribution in [3.63, 3.8) is 0 Å². The van der Waals surface area contributed by atoms with Crippen LogP contribution in [0.15, 0.2) is 60.7 Å². The van der Waals surface area contributed by atoms with E-state index in [0.29, 0.717) is 0 Å². The minimum Gasteiger partial charge on any atom is -0.354 e. The maximum absolute atomic E-state index is 2.60. The fourth-order valence-corrected chi connectivity index (χ4v) is 4.57. The lowest BCUT2D eigenvalue weighted by Gasteiger charge is -2.34. The Bertz CT molecular complexity index is 610. The number of hydrogen-bond acceptors (Lipinski definition) is 2. The Morgan fingerprint density at radius 3 is 1.12 bits per heavy atom. The third kappa shape index (κ3) is 12.2. The van der Waals surface area contributed by atoms with E-state index >= 15 is 0 Å². The molecule has 2 rings (SSSR count). The van der Waals surface area contributed by atoms with Gasteiger partial charge in [-0.1, -0.05) is 127 Å². The largest absolute Gasteiger partial charge is 0.354 e. The van der Waals surface area contributed by atoms with Crippen LogP contribution in [0.5, 0.6) is 0 Å². The van der Waals surface area contributed by atoms with Crippen LogP contribution in [0.4, 0.5) is 11.4 Å². The standard InChI is InChI=1S/C31H50N2/c1-3-5-7-9-11-13-21-27-32(30-23-17-15-18-24-30)29-33(31-25-19-16-20-26-31)28-22-14-12-10-8-6-4-2/h15-20,23-26H,3-14,21-22,27-29H2,1-2H3. The van der Waals surface area contributed by atoms with Gasteiger partial charge in [-0.05, 0) is 37.1 Å². The number of anilines is 2. The fourth-order valence-electron chi connectivity index (χ4n) is 4.57. The van der Waals surface area contributed by atoms with Gasteiger partial charge in [-0.3, -0.25) is 0 Å². The Morgan fingerprint density at radius 2 is 0.758 bits per heavy atom. The van der Waals surface area contributed by atoms with Gasteiger partial charge in [-0.15, -0.1) is 0 Å². The maximum Gasteiger partial charge on any atom is 0.0902 e. The zero-order valence-electron chi connectivity index (χ0n) is 21.7. The lowest BCUT2D eigenvalue weighted by atomic mass is 10.1. The van der Waals surface area contributed by atoms with Gasteiger partial charge in [0.1, 0.15) is 0 Å². The molecule has 0 aliphatic rings. The topological polar surface area (TPSA) is 6.48 Å². The van der Waals surface area contributed by atoms with Crippen LogP contribution in [-0.4, -0.2) is 19.8 Å². The molecule has 0 saturated carbocycles. The Balaban J connectivity index is 1.92. The highest BCUT2D eigenvalue weighted by Crippen LogP contribution is 2.21. The molecular weight excluding hydrogens is 400 g/mol. The summed E-state index contributed by atoms with van der Waals surface area (Å²) in [7, 11) is 0. The van der Waals surface area contributed by atoms with E-state index in [9.17, 15) is 0 Å². The molecule has 0 heterocycles. The summed E-state index contributed by atoms with van der Waals surface area (Å²) in [5.74, 6) is 0. The molecule has 0 radical (unpaired) electrons. The van der Waals surface area contributed by atoms with Gasteiger partial charge in [-0.2, -0.15) is 0 Å². The van der Waals surface area contributed by atoms with E-state index in [-0.39, 0.29) is 0 Å². The van der Waals surface area contributed by atoms with Crippen molar-refractivity contribution in [1.82, 2.24) is 0 Å². The summed E-state index contributed by atoms with van der Waals surface area (Å²) < 4.78 is 0. The molecule has 0 aliphatic heterocycles. The minimum atomic E-state index is 0.972. The smallest absolute Gasteiger partial charge is 0.0902 e. The molecule has 0 atom stereocenters. The average Bonchev–Trinajstić information content (AvgIpc) is 2.87. The van der Waals surface area contributed by atoms with Crippen molar-refractivity contribution in [2.45, 2.75) is 104 Å². The number of para-hydroxylation sites is 2. The quantitative estimate of drug-likeness (QED) is 0.146. The zero-order valence-corrected chi connectivity index (χ0v) is 21.7. The van der Waals surface area contributed by atoms with Gasteiger partial charge >= 0.3 is 0 Å².